The molecule has 0 saturated carbocycles. The normalized spacial score (nSPS) is 12.2. The predicted octanol–water partition coefficient (Wildman–Crippen LogP) is 3.37. The Kier molecular flexibility index (Phi) is 5.99. The van der Waals surface area contributed by atoms with Gasteiger partial charge in [-0.2, -0.15) is 0 Å². The van der Waals surface area contributed by atoms with E-state index < -0.39 is 6.04 Å². The molecule has 3 aromatic rings. The molecule has 146 valence electrons. The van der Waals surface area contributed by atoms with E-state index in [0.29, 0.717) is 16.3 Å². The van der Waals surface area contributed by atoms with Gasteiger partial charge in [-0.1, -0.05) is 43.6 Å². The fourth-order valence-electron chi connectivity index (χ4n) is 2.97. The first-order valence-corrected chi connectivity index (χ1v) is 9.50. The van der Waals surface area contributed by atoms with Crippen molar-refractivity contribution in [2.45, 2.75) is 33.4 Å². The first kappa shape index (κ1) is 19.9. The Bertz CT molecular complexity index is 1010. The fraction of sp³-hybridized carbons (Fsp3) is 0.286. The molecule has 0 radical (unpaired) electrons. The molecule has 3 rings (SSSR count). The van der Waals surface area contributed by atoms with Gasteiger partial charge in [0.1, 0.15) is 11.7 Å². The van der Waals surface area contributed by atoms with Gasteiger partial charge in [0, 0.05) is 18.0 Å². The summed E-state index contributed by atoms with van der Waals surface area (Å²) in [7, 11) is 0. The number of benzene rings is 1. The molecule has 0 aliphatic rings. The summed E-state index contributed by atoms with van der Waals surface area (Å²) in [6.07, 6.45) is 3.58. The van der Waals surface area contributed by atoms with Gasteiger partial charge in [0.05, 0.1) is 17.3 Å². The van der Waals surface area contributed by atoms with E-state index in [1.165, 1.54) is 0 Å². The van der Waals surface area contributed by atoms with Gasteiger partial charge in [-0.3, -0.25) is 9.59 Å². The van der Waals surface area contributed by atoms with E-state index >= 15 is 0 Å². The number of carbonyl (C=O) groups is 2. The van der Waals surface area contributed by atoms with Crippen LogP contribution < -0.4 is 10.6 Å². The van der Waals surface area contributed by atoms with E-state index in [-0.39, 0.29) is 24.3 Å². The highest BCUT2D eigenvalue weighted by Crippen LogP contribution is 2.12. The Morgan fingerprint density at radius 1 is 1.14 bits per heavy atom. The van der Waals surface area contributed by atoms with Crippen LogP contribution in [0.2, 0.25) is 5.02 Å². The molecular weight excluding hydrogens is 376 g/mol. The zero-order valence-electron chi connectivity index (χ0n) is 16.1. The van der Waals surface area contributed by atoms with Gasteiger partial charge in [-0.15, -0.1) is 0 Å². The number of halogens is 1. The third-order valence-corrected chi connectivity index (χ3v) is 4.76. The van der Waals surface area contributed by atoms with Crippen LogP contribution >= 0.6 is 11.6 Å². The molecule has 2 heterocycles. The van der Waals surface area contributed by atoms with Crippen LogP contribution in [0.1, 0.15) is 35.5 Å². The number of hydrogen-bond donors (Lipinski definition) is 2. The van der Waals surface area contributed by atoms with Gasteiger partial charge in [-0.25, -0.2) is 4.98 Å². The minimum atomic E-state index is -0.640. The molecule has 0 bridgehead atoms. The molecular formula is C21H23ClN4O2. The van der Waals surface area contributed by atoms with Crippen molar-refractivity contribution in [3.8, 4) is 0 Å². The zero-order chi connectivity index (χ0) is 20.3. The number of hydrogen-bond acceptors (Lipinski definition) is 3. The minimum Gasteiger partial charge on any atom is -0.349 e. The second-order valence-corrected chi connectivity index (χ2v) is 7.51. The molecule has 0 fully saturated rings. The minimum absolute atomic E-state index is 0.0622. The molecule has 1 aromatic carbocycles. The number of aryl methyl sites for hydroxylation is 1. The topological polar surface area (TPSA) is 75.5 Å². The molecule has 1 unspecified atom stereocenters. The smallest absolute Gasteiger partial charge is 0.252 e. The molecule has 2 aromatic heterocycles. The summed E-state index contributed by atoms with van der Waals surface area (Å²) >= 11 is 5.98. The lowest BCUT2D eigenvalue weighted by Gasteiger charge is -2.22. The Labute approximate surface area is 168 Å². The summed E-state index contributed by atoms with van der Waals surface area (Å²) in [6.45, 7) is 5.93. The summed E-state index contributed by atoms with van der Waals surface area (Å²) in [5.74, 6) is -0.561. The van der Waals surface area contributed by atoms with Gasteiger partial charge in [-0.05, 0) is 36.6 Å². The SMILES string of the molecule is Cc1ccccc1C(=O)NC(C(=O)NCc1cn2cc(Cl)ccc2n1)C(C)C. The van der Waals surface area contributed by atoms with E-state index in [1.54, 1.807) is 18.3 Å². The maximum absolute atomic E-state index is 12.7. The molecule has 0 aliphatic heterocycles. The van der Waals surface area contributed by atoms with E-state index in [9.17, 15) is 9.59 Å². The number of rotatable bonds is 6. The summed E-state index contributed by atoms with van der Waals surface area (Å²) in [5, 5.41) is 6.32. The first-order valence-electron chi connectivity index (χ1n) is 9.12. The number of carbonyl (C=O) groups excluding carboxylic acids is 2. The highest BCUT2D eigenvalue weighted by atomic mass is 35.5. The number of fused-ring (bicyclic) bond motifs is 1. The van der Waals surface area contributed by atoms with Gasteiger partial charge < -0.3 is 15.0 Å². The summed E-state index contributed by atoms with van der Waals surface area (Å²) in [6, 6.07) is 10.2. The standard InChI is InChI=1S/C21H23ClN4O2/c1-13(2)19(25-20(27)17-7-5-4-6-14(17)3)21(28)23-10-16-12-26-11-15(22)8-9-18(26)24-16/h4-9,11-13,19H,10H2,1-3H3,(H,23,28)(H,25,27). The highest BCUT2D eigenvalue weighted by molar-refractivity contribution is 6.30. The summed E-state index contributed by atoms with van der Waals surface area (Å²) in [4.78, 5) is 29.7. The second-order valence-electron chi connectivity index (χ2n) is 7.07. The lowest BCUT2D eigenvalue weighted by Crippen LogP contribution is -2.49. The van der Waals surface area contributed by atoms with Gasteiger partial charge >= 0.3 is 0 Å². The van der Waals surface area contributed by atoms with E-state index in [4.69, 9.17) is 11.6 Å². The number of nitrogens with zero attached hydrogens (tertiary/aromatic N) is 2. The van der Waals surface area contributed by atoms with Crippen molar-refractivity contribution in [3.05, 3.63) is 70.6 Å². The van der Waals surface area contributed by atoms with E-state index in [1.807, 2.05) is 55.6 Å². The Hall–Kier alpha value is -2.86. The van der Waals surface area contributed by atoms with Crippen LogP contribution in [0.3, 0.4) is 0 Å². The predicted molar refractivity (Wildman–Crippen MR) is 109 cm³/mol. The van der Waals surface area contributed by atoms with E-state index in [2.05, 4.69) is 15.6 Å². The molecule has 0 aliphatic carbocycles. The molecule has 0 saturated heterocycles. The summed E-state index contributed by atoms with van der Waals surface area (Å²) < 4.78 is 1.81. The number of amides is 2. The molecule has 2 N–H and O–H groups in total. The lowest BCUT2D eigenvalue weighted by molar-refractivity contribution is -0.124. The third-order valence-electron chi connectivity index (χ3n) is 4.53. The van der Waals surface area contributed by atoms with Crippen LogP contribution in [0.15, 0.2) is 48.8 Å². The average Bonchev–Trinajstić information content (AvgIpc) is 3.06. The fourth-order valence-corrected chi connectivity index (χ4v) is 3.14. The maximum atomic E-state index is 12.7. The Balaban J connectivity index is 1.67. The third kappa shape index (κ3) is 4.51. The average molecular weight is 399 g/mol. The number of nitrogens with one attached hydrogen (secondary N) is 2. The van der Waals surface area contributed by atoms with Crippen molar-refractivity contribution in [1.29, 1.82) is 0 Å². The van der Waals surface area contributed by atoms with Gasteiger partial charge in [0.15, 0.2) is 0 Å². The molecule has 1 atom stereocenters. The van der Waals surface area contributed by atoms with Crippen LogP contribution in [0.5, 0.6) is 0 Å². The van der Waals surface area contributed by atoms with Crippen molar-refractivity contribution in [2.24, 2.45) is 5.92 Å². The van der Waals surface area contributed by atoms with Gasteiger partial charge in [0.25, 0.3) is 5.91 Å². The second kappa shape index (κ2) is 8.44. The van der Waals surface area contributed by atoms with Crippen molar-refractivity contribution in [1.82, 2.24) is 20.0 Å². The number of aromatic nitrogens is 2. The van der Waals surface area contributed by atoms with Crippen LogP contribution in [-0.2, 0) is 11.3 Å². The number of pyridine rings is 1. The van der Waals surface area contributed by atoms with Crippen molar-refractivity contribution in [2.75, 3.05) is 0 Å². The molecule has 28 heavy (non-hydrogen) atoms. The first-order chi connectivity index (χ1) is 13.3. The van der Waals surface area contributed by atoms with Crippen molar-refractivity contribution >= 4 is 29.1 Å². The lowest BCUT2D eigenvalue weighted by atomic mass is 10.0. The quantitative estimate of drug-likeness (QED) is 0.668. The maximum Gasteiger partial charge on any atom is 0.252 e. The number of imidazole rings is 1. The Morgan fingerprint density at radius 2 is 1.89 bits per heavy atom. The van der Waals surface area contributed by atoms with Crippen LogP contribution in [-0.4, -0.2) is 27.2 Å². The van der Waals surface area contributed by atoms with Gasteiger partial charge in [0.2, 0.25) is 5.91 Å². The monoisotopic (exact) mass is 398 g/mol. The molecule has 0 spiro atoms. The molecule has 7 heteroatoms. The van der Waals surface area contributed by atoms with Crippen LogP contribution in [0, 0.1) is 12.8 Å². The highest BCUT2D eigenvalue weighted by Gasteiger charge is 2.25. The van der Waals surface area contributed by atoms with E-state index in [0.717, 1.165) is 11.2 Å². The van der Waals surface area contributed by atoms with Crippen molar-refractivity contribution < 1.29 is 9.59 Å². The largest absolute Gasteiger partial charge is 0.349 e. The zero-order valence-corrected chi connectivity index (χ0v) is 16.8. The van der Waals surface area contributed by atoms with Crippen LogP contribution in [0.25, 0.3) is 5.65 Å². The Morgan fingerprint density at radius 3 is 2.61 bits per heavy atom. The molecule has 2 amide bonds. The summed E-state index contributed by atoms with van der Waals surface area (Å²) in [5.41, 5.74) is 2.90. The van der Waals surface area contributed by atoms with Crippen molar-refractivity contribution in [3.63, 3.8) is 0 Å². The molecule has 6 nitrogen and oxygen atoms in total. The van der Waals surface area contributed by atoms with Crippen LogP contribution in [0.4, 0.5) is 0 Å².